The van der Waals surface area contributed by atoms with Crippen LogP contribution in [0.5, 0.6) is 0 Å². The van der Waals surface area contributed by atoms with Crippen LogP contribution in [0.25, 0.3) is 0 Å². The summed E-state index contributed by atoms with van der Waals surface area (Å²) < 4.78 is 0. The Morgan fingerprint density at radius 2 is 2.00 bits per heavy atom. The number of benzene rings is 1. The monoisotopic (exact) mass is 320 g/mol. The SMILES string of the molecule is O=C(NCCc1ccc(Cl)cc1Cl)NC(CO)C(=O)O. The third-order valence-electron chi connectivity index (χ3n) is 2.48. The molecule has 1 aromatic rings. The van der Waals surface area contributed by atoms with Gasteiger partial charge in [0.25, 0.3) is 0 Å². The summed E-state index contributed by atoms with van der Waals surface area (Å²) in [5, 5.41) is 23.0. The summed E-state index contributed by atoms with van der Waals surface area (Å²) in [6.45, 7) is -0.406. The summed E-state index contributed by atoms with van der Waals surface area (Å²) >= 11 is 11.7. The summed E-state index contributed by atoms with van der Waals surface area (Å²) in [5.41, 5.74) is 0.813. The fraction of sp³-hybridized carbons (Fsp3) is 0.333. The van der Waals surface area contributed by atoms with Crippen molar-refractivity contribution in [2.75, 3.05) is 13.2 Å². The molecule has 0 radical (unpaired) electrons. The highest BCUT2D eigenvalue weighted by molar-refractivity contribution is 6.35. The van der Waals surface area contributed by atoms with Gasteiger partial charge < -0.3 is 20.8 Å². The zero-order valence-corrected chi connectivity index (χ0v) is 11.9. The third-order valence-corrected chi connectivity index (χ3v) is 3.07. The van der Waals surface area contributed by atoms with Gasteiger partial charge in [0, 0.05) is 16.6 Å². The molecule has 0 heterocycles. The maximum Gasteiger partial charge on any atom is 0.328 e. The minimum absolute atomic E-state index is 0.269. The van der Waals surface area contributed by atoms with Crippen molar-refractivity contribution in [1.29, 1.82) is 0 Å². The van der Waals surface area contributed by atoms with Crippen LogP contribution in [0.1, 0.15) is 5.56 Å². The topological polar surface area (TPSA) is 98.7 Å². The first-order valence-electron chi connectivity index (χ1n) is 5.76. The lowest BCUT2D eigenvalue weighted by molar-refractivity contribution is -0.140. The first kappa shape index (κ1) is 16.6. The molecule has 1 unspecified atom stereocenters. The van der Waals surface area contributed by atoms with Gasteiger partial charge in [-0.3, -0.25) is 0 Å². The van der Waals surface area contributed by atoms with Crippen LogP contribution in [0.15, 0.2) is 18.2 Å². The van der Waals surface area contributed by atoms with Crippen molar-refractivity contribution in [2.45, 2.75) is 12.5 Å². The zero-order chi connectivity index (χ0) is 15.1. The van der Waals surface area contributed by atoms with Gasteiger partial charge >= 0.3 is 12.0 Å². The molecule has 1 atom stereocenters. The van der Waals surface area contributed by atoms with Gasteiger partial charge in [0.2, 0.25) is 0 Å². The second kappa shape index (κ2) is 7.94. The smallest absolute Gasteiger partial charge is 0.328 e. The predicted molar refractivity (Wildman–Crippen MR) is 75.2 cm³/mol. The summed E-state index contributed by atoms with van der Waals surface area (Å²) in [6, 6.07) is 3.04. The standard InChI is InChI=1S/C12H14Cl2N2O4/c13-8-2-1-7(9(14)5-8)3-4-15-12(20)16-10(6-17)11(18)19/h1-2,5,10,17H,3-4,6H2,(H,18,19)(H2,15,16,20). The van der Waals surface area contributed by atoms with Gasteiger partial charge in [-0.25, -0.2) is 9.59 Å². The van der Waals surface area contributed by atoms with Crippen LogP contribution in [-0.4, -0.2) is 41.4 Å². The molecule has 6 nitrogen and oxygen atoms in total. The predicted octanol–water partition coefficient (Wildman–Crippen LogP) is 1.28. The number of aliphatic carboxylic acids is 1. The molecule has 1 rings (SSSR count). The molecule has 110 valence electrons. The van der Waals surface area contributed by atoms with Gasteiger partial charge in [-0.05, 0) is 24.1 Å². The van der Waals surface area contributed by atoms with Gasteiger partial charge in [0.05, 0.1) is 6.61 Å². The quantitative estimate of drug-likeness (QED) is 0.634. The van der Waals surface area contributed by atoms with Crippen molar-refractivity contribution in [3.63, 3.8) is 0 Å². The molecule has 4 N–H and O–H groups in total. The van der Waals surface area contributed by atoms with Crippen LogP contribution in [0, 0.1) is 0 Å². The number of carbonyl (C=O) groups excluding carboxylic acids is 1. The van der Waals surface area contributed by atoms with Crippen molar-refractivity contribution in [3.8, 4) is 0 Å². The number of hydrogen-bond acceptors (Lipinski definition) is 3. The molecule has 2 amide bonds. The number of urea groups is 1. The van der Waals surface area contributed by atoms with E-state index in [0.29, 0.717) is 16.5 Å². The van der Waals surface area contributed by atoms with Gasteiger partial charge in [-0.1, -0.05) is 29.3 Å². The molecule has 0 aliphatic rings. The van der Waals surface area contributed by atoms with Gasteiger partial charge in [0.15, 0.2) is 6.04 Å². The van der Waals surface area contributed by atoms with Crippen LogP contribution in [0.3, 0.4) is 0 Å². The molecule has 20 heavy (non-hydrogen) atoms. The maximum absolute atomic E-state index is 11.4. The summed E-state index contributed by atoms with van der Waals surface area (Å²) in [5.74, 6) is -1.30. The number of carboxylic acids is 1. The lowest BCUT2D eigenvalue weighted by Crippen LogP contribution is -2.48. The fourth-order valence-corrected chi connectivity index (χ4v) is 1.93. The summed E-state index contributed by atoms with van der Waals surface area (Å²) in [6.07, 6.45) is 0.473. The number of rotatable bonds is 6. The number of carbonyl (C=O) groups is 2. The Balaban J connectivity index is 2.40. The molecule has 0 aromatic heterocycles. The molecule has 0 saturated carbocycles. The highest BCUT2D eigenvalue weighted by Gasteiger charge is 2.18. The Kier molecular flexibility index (Phi) is 6.57. The second-order valence-corrected chi connectivity index (χ2v) is 4.80. The fourth-order valence-electron chi connectivity index (χ4n) is 1.43. The lowest BCUT2D eigenvalue weighted by atomic mass is 10.1. The Morgan fingerprint density at radius 3 is 2.55 bits per heavy atom. The normalized spacial score (nSPS) is 11.8. The first-order chi connectivity index (χ1) is 9.43. The Morgan fingerprint density at radius 1 is 1.30 bits per heavy atom. The number of carboxylic acid groups (broad SMARTS) is 1. The van der Waals surface area contributed by atoms with E-state index in [0.717, 1.165) is 5.56 Å². The summed E-state index contributed by atoms with van der Waals surface area (Å²) in [7, 11) is 0. The number of amides is 2. The molecular formula is C12H14Cl2N2O4. The lowest BCUT2D eigenvalue weighted by Gasteiger charge is -2.12. The third kappa shape index (κ3) is 5.24. The molecule has 0 spiro atoms. The van der Waals surface area contributed by atoms with Gasteiger partial charge in [-0.15, -0.1) is 0 Å². The Bertz CT molecular complexity index is 496. The molecule has 1 aromatic carbocycles. The average Bonchev–Trinajstić information content (AvgIpc) is 2.38. The molecule has 8 heteroatoms. The molecule has 0 bridgehead atoms. The van der Waals surface area contributed by atoms with E-state index in [1.54, 1.807) is 18.2 Å². The Hall–Kier alpha value is -1.50. The van der Waals surface area contributed by atoms with E-state index in [1.165, 1.54) is 0 Å². The average molecular weight is 321 g/mol. The van der Waals surface area contributed by atoms with Crippen LogP contribution in [0.4, 0.5) is 4.79 Å². The molecule has 0 aliphatic carbocycles. The highest BCUT2D eigenvalue weighted by Crippen LogP contribution is 2.20. The number of halogens is 2. The number of hydrogen-bond donors (Lipinski definition) is 4. The maximum atomic E-state index is 11.4. The Labute approximate surface area is 125 Å². The van der Waals surface area contributed by atoms with Crippen molar-refractivity contribution >= 4 is 35.2 Å². The van der Waals surface area contributed by atoms with E-state index in [1.807, 2.05) is 0 Å². The second-order valence-electron chi connectivity index (χ2n) is 3.96. The van der Waals surface area contributed by atoms with E-state index >= 15 is 0 Å². The molecule has 0 fully saturated rings. The van der Waals surface area contributed by atoms with E-state index in [4.69, 9.17) is 33.4 Å². The highest BCUT2D eigenvalue weighted by atomic mass is 35.5. The largest absolute Gasteiger partial charge is 0.480 e. The summed E-state index contributed by atoms with van der Waals surface area (Å²) in [4.78, 5) is 22.0. The molecule has 0 aliphatic heterocycles. The number of aliphatic hydroxyl groups is 1. The minimum Gasteiger partial charge on any atom is -0.480 e. The van der Waals surface area contributed by atoms with Gasteiger partial charge in [0.1, 0.15) is 0 Å². The molecule has 0 saturated heterocycles. The molecular weight excluding hydrogens is 307 g/mol. The number of aliphatic hydroxyl groups excluding tert-OH is 1. The van der Waals surface area contributed by atoms with Crippen molar-refractivity contribution in [2.24, 2.45) is 0 Å². The first-order valence-corrected chi connectivity index (χ1v) is 6.51. The zero-order valence-electron chi connectivity index (χ0n) is 10.4. The van der Waals surface area contributed by atoms with E-state index in [-0.39, 0.29) is 6.54 Å². The van der Waals surface area contributed by atoms with Gasteiger partial charge in [-0.2, -0.15) is 0 Å². The minimum atomic E-state index is -1.32. The van der Waals surface area contributed by atoms with Crippen LogP contribution < -0.4 is 10.6 Å². The number of nitrogens with one attached hydrogen (secondary N) is 2. The van der Waals surface area contributed by atoms with Crippen molar-refractivity contribution in [3.05, 3.63) is 33.8 Å². The van der Waals surface area contributed by atoms with Crippen LogP contribution in [-0.2, 0) is 11.2 Å². The van der Waals surface area contributed by atoms with Crippen molar-refractivity contribution in [1.82, 2.24) is 10.6 Å². The van der Waals surface area contributed by atoms with E-state index in [2.05, 4.69) is 10.6 Å². The van der Waals surface area contributed by atoms with E-state index < -0.39 is 24.6 Å². The van der Waals surface area contributed by atoms with E-state index in [9.17, 15) is 9.59 Å². The van der Waals surface area contributed by atoms with Crippen molar-refractivity contribution < 1.29 is 19.8 Å². The van der Waals surface area contributed by atoms with Crippen LogP contribution >= 0.6 is 23.2 Å². The van der Waals surface area contributed by atoms with Crippen LogP contribution in [0.2, 0.25) is 10.0 Å².